The van der Waals surface area contributed by atoms with Gasteiger partial charge in [0.05, 0.1) is 30.3 Å². The molecule has 3 aliphatic rings. The molecule has 2 heterocycles. The van der Waals surface area contributed by atoms with Crippen LogP contribution in [0.25, 0.3) is 0 Å². The number of methoxy groups -OCH3 is 1. The Hall–Kier alpha value is -2.42. The predicted molar refractivity (Wildman–Crippen MR) is 109 cm³/mol. The zero-order chi connectivity index (χ0) is 22.2. The SMILES string of the molecule is COc1ccc2c(c1)[C@]13CCN[C@H](C2)[C@]1(O)CC(C)(C)OC3.O=C(O)/C=C/C(=O)O. The first-order valence-electron chi connectivity index (χ1n) is 9.94. The molecule has 2 saturated heterocycles. The Labute approximate surface area is 175 Å². The summed E-state index contributed by atoms with van der Waals surface area (Å²) in [5.41, 5.74) is 1.17. The molecule has 4 rings (SSSR count). The van der Waals surface area contributed by atoms with Gasteiger partial charge in [0.1, 0.15) is 5.75 Å². The van der Waals surface area contributed by atoms with E-state index in [9.17, 15) is 14.7 Å². The standard InChI is InChI=1S/C18H25NO3.C4H4O4/c1-16(2)10-18(20)15-8-12-4-5-13(21-3)9-14(12)17(18,11-22-16)6-7-19-15;5-3(6)1-2-4(7)8/h4-5,9,15,19-20H,6-8,10-11H2,1-3H3;1-2H,(H,5,6)(H,7,8)/b;2-1+/t15-,17-,18-;/m1./s1. The summed E-state index contributed by atoms with van der Waals surface area (Å²) in [6, 6.07) is 6.38. The number of piperidine rings is 1. The molecular formula is C22H29NO7. The first-order valence-corrected chi connectivity index (χ1v) is 9.94. The number of aliphatic hydroxyl groups is 1. The van der Waals surface area contributed by atoms with Crippen LogP contribution in [0.5, 0.6) is 5.75 Å². The zero-order valence-electron chi connectivity index (χ0n) is 17.5. The summed E-state index contributed by atoms with van der Waals surface area (Å²) in [7, 11) is 1.69. The first-order chi connectivity index (χ1) is 14.0. The lowest BCUT2D eigenvalue weighted by atomic mass is 9.52. The van der Waals surface area contributed by atoms with Gasteiger partial charge in [0.2, 0.25) is 0 Å². The van der Waals surface area contributed by atoms with Crippen LogP contribution in [0.15, 0.2) is 30.4 Å². The molecule has 4 N–H and O–H groups in total. The van der Waals surface area contributed by atoms with Crippen LogP contribution in [0.3, 0.4) is 0 Å². The molecule has 0 saturated carbocycles. The molecule has 2 fully saturated rings. The summed E-state index contributed by atoms with van der Waals surface area (Å²) in [5, 5.41) is 30.9. The molecule has 8 heteroatoms. The number of fused-ring (bicyclic) bond motifs is 1. The van der Waals surface area contributed by atoms with E-state index in [-0.39, 0.29) is 17.1 Å². The van der Waals surface area contributed by atoms with E-state index in [1.54, 1.807) is 7.11 Å². The van der Waals surface area contributed by atoms with Gasteiger partial charge in [-0.25, -0.2) is 9.59 Å². The maximum Gasteiger partial charge on any atom is 0.328 e. The number of carboxylic acid groups (broad SMARTS) is 2. The average molecular weight is 419 g/mol. The summed E-state index contributed by atoms with van der Waals surface area (Å²) in [4.78, 5) is 19.1. The Morgan fingerprint density at radius 2 is 1.90 bits per heavy atom. The highest BCUT2D eigenvalue weighted by Gasteiger charge is 2.64. The Bertz CT molecular complexity index is 849. The second-order valence-corrected chi connectivity index (χ2v) is 8.73. The normalized spacial score (nSPS) is 31.0. The van der Waals surface area contributed by atoms with E-state index in [1.165, 1.54) is 11.1 Å². The Morgan fingerprint density at radius 3 is 2.50 bits per heavy atom. The Kier molecular flexibility index (Phi) is 5.95. The van der Waals surface area contributed by atoms with Gasteiger partial charge in [-0.15, -0.1) is 0 Å². The molecule has 1 aromatic rings. The number of nitrogens with one attached hydrogen (secondary N) is 1. The van der Waals surface area contributed by atoms with Gasteiger partial charge in [-0.2, -0.15) is 0 Å². The van der Waals surface area contributed by atoms with Crippen molar-refractivity contribution in [3.05, 3.63) is 41.5 Å². The number of hydrogen-bond donors (Lipinski definition) is 4. The number of carbonyl (C=O) groups is 2. The van der Waals surface area contributed by atoms with E-state index in [0.717, 1.165) is 25.1 Å². The van der Waals surface area contributed by atoms with Gasteiger partial charge in [-0.3, -0.25) is 0 Å². The third-order valence-corrected chi connectivity index (χ3v) is 6.38. The molecule has 3 atom stereocenters. The lowest BCUT2D eigenvalue weighted by Crippen LogP contribution is -2.75. The molecule has 1 aliphatic carbocycles. The second kappa shape index (κ2) is 8.02. The summed E-state index contributed by atoms with van der Waals surface area (Å²) >= 11 is 0. The maximum absolute atomic E-state index is 11.7. The molecule has 0 aromatic heterocycles. The van der Waals surface area contributed by atoms with Crippen molar-refractivity contribution < 1.29 is 34.4 Å². The van der Waals surface area contributed by atoms with Crippen LogP contribution in [0.1, 0.15) is 37.8 Å². The Balaban J connectivity index is 0.000000275. The molecule has 1 aromatic carbocycles. The summed E-state index contributed by atoms with van der Waals surface area (Å²) in [5.74, 6) is -1.66. The first kappa shape index (κ1) is 22.3. The quantitative estimate of drug-likeness (QED) is 0.543. The van der Waals surface area contributed by atoms with Crippen LogP contribution in [0.2, 0.25) is 0 Å². The van der Waals surface area contributed by atoms with Gasteiger partial charge < -0.3 is 30.1 Å². The van der Waals surface area contributed by atoms with Gasteiger partial charge >= 0.3 is 11.9 Å². The molecule has 2 aliphatic heterocycles. The van der Waals surface area contributed by atoms with E-state index in [0.29, 0.717) is 25.2 Å². The molecule has 0 amide bonds. The number of benzene rings is 1. The minimum Gasteiger partial charge on any atom is -0.497 e. The van der Waals surface area contributed by atoms with E-state index in [1.807, 2.05) is 6.07 Å². The minimum absolute atomic E-state index is 0.102. The van der Waals surface area contributed by atoms with E-state index in [2.05, 4.69) is 31.3 Å². The molecule has 0 radical (unpaired) electrons. The molecule has 0 spiro atoms. The van der Waals surface area contributed by atoms with E-state index >= 15 is 0 Å². The maximum atomic E-state index is 11.7. The van der Waals surface area contributed by atoms with Crippen LogP contribution in [0.4, 0.5) is 0 Å². The number of ether oxygens (including phenoxy) is 2. The third kappa shape index (κ3) is 3.95. The van der Waals surface area contributed by atoms with Crippen molar-refractivity contribution >= 4 is 11.9 Å². The van der Waals surface area contributed by atoms with Gasteiger partial charge in [-0.05, 0) is 56.5 Å². The molecular weight excluding hydrogens is 390 g/mol. The zero-order valence-corrected chi connectivity index (χ0v) is 17.5. The summed E-state index contributed by atoms with van der Waals surface area (Å²) in [6.45, 7) is 5.66. The smallest absolute Gasteiger partial charge is 0.328 e. The lowest BCUT2D eigenvalue weighted by Gasteiger charge is -2.63. The Morgan fingerprint density at radius 1 is 1.23 bits per heavy atom. The average Bonchev–Trinajstić information content (AvgIpc) is 2.65. The number of hydrogen-bond acceptors (Lipinski definition) is 6. The summed E-state index contributed by atoms with van der Waals surface area (Å²) < 4.78 is 11.6. The molecule has 30 heavy (non-hydrogen) atoms. The molecule has 2 bridgehead atoms. The van der Waals surface area contributed by atoms with Crippen LogP contribution < -0.4 is 10.1 Å². The van der Waals surface area contributed by atoms with Gasteiger partial charge in [0.15, 0.2) is 0 Å². The van der Waals surface area contributed by atoms with Gasteiger partial charge in [-0.1, -0.05) is 6.07 Å². The molecule has 164 valence electrons. The van der Waals surface area contributed by atoms with Crippen molar-refractivity contribution in [1.29, 1.82) is 0 Å². The van der Waals surface area contributed by atoms with Crippen molar-refractivity contribution in [2.24, 2.45) is 0 Å². The highest BCUT2D eigenvalue weighted by molar-refractivity contribution is 5.89. The summed E-state index contributed by atoms with van der Waals surface area (Å²) in [6.07, 6.45) is 3.54. The number of carboxylic acids is 2. The largest absolute Gasteiger partial charge is 0.497 e. The highest BCUT2D eigenvalue weighted by atomic mass is 16.5. The van der Waals surface area contributed by atoms with Crippen molar-refractivity contribution in [3.63, 3.8) is 0 Å². The van der Waals surface area contributed by atoms with Crippen LogP contribution >= 0.6 is 0 Å². The van der Waals surface area contributed by atoms with Crippen molar-refractivity contribution in [1.82, 2.24) is 5.32 Å². The fourth-order valence-electron chi connectivity index (χ4n) is 5.04. The lowest BCUT2D eigenvalue weighted by molar-refractivity contribution is -0.222. The van der Waals surface area contributed by atoms with Crippen LogP contribution in [-0.2, 0) is 26.2 Å². The molecule has 8 nitrogen and oxygen atoms in total. The van der Waals surface area contributed by atoms with E-state index < -0.39 is 17.5 Å². The minimum atomic E-state index is -1.26. The van der Waals surface area contributed by atoms with Crippen LogP contribution in [0, 0.1) is 0 Å². The monoisotopic (exact) mass is 419 g/mol. The third-order valence-electron chi connectivity index (χ3n) is 6.38. The van der Waals surface area contributed by atoms with Crippen LogP contribution in [-0.4, -0.2) is 64.8 Å². The fourth-order valence-corrected chi connectivity index (χ4v) is 5.04. The second-order valence-electron chi connectivity index (χ2n) is 8.73. The van der Waals surface area contributed by atoms with Crippen molar-refractivity contribution in [2.75, 3.05) is 20.3 Å². The topological polar surface area (TPSA) is 125 Å². The van der Waals surface area contributed by atoms with Crippen molar-refractivity contribution in [2.45, 2.75) is 55.8 Å². The van der Waals surface area contributed by atoms with Crippen molar-refractivity contribution in [3.8, 4) is 5.75 Å². The molecule has 0 unspecified atom stereocenters. The predicted octanol–water partition coefficient (Wildman–Crippen LogP) is 1.49. The number of aliphatic carboxylic acids is 2. The highest BCUT2D eigenvalue weighted by Crippen LogP contribution is 2.55. The fraction of sp³-hybridized carbons (Fsp3) is 0.545. The van der Waals surface area contributed by atoms with Gasteiger partial charge in [0, 0.05) is 24.6 Å². The van der Waals surface area contributed by atoms with Gasteiger partial charge in [0.25, 0.3) is 0 Å². The van der Waals surface area contributed by atoms with E-state index in [4.69, 9.17) is 19.7 Å². The number of rotatable bonds is 3.